The number of pyridine rings is 1. The number of ether oxygens (including phenoxy) is 1. The molecule has 0 aliphatic heterocycles. The Bertz CT molecular complexity index is 533. The number of nitrogens with zero attached hydrogens (tertiary/aromatic N) is 1. The summed E-state index contributed by atoms with van der Waals surface area (Å²) in [5, 5.41) is 3.48. The molecule has 100 valence electrons. The Labute approximate surface area is 112 Å². The van der Waals surface area contributed by atoms with E-state index in [1.54, 1.807) is 6.26 Å². The molecule has 1 aliphatic carbocycles. The summed E-state index contributed by atoms with van der Waals surface area (Å²) in [7, 11) is 0. The lowest BCUT2D eigenvalue weighted by Crippen LogP contribution is -2.16. The molecule has 3 rings (SSSR count). The highest BCUT2D eigenvalue weighted by molar-refractivity contribution is 5.33. The number of furan rings is 1. The third kappa shape index (κ3) is 3.35. The molecule has 0 aromatic carbocycles. The molecule has 4 nitrogen and oxygen atoms in total. The zero-order valence-corrected chi connectivity index (χ0v) is 11.1. The van der Waals surface area contributed by atoms with Crippen LogP contribution in [0.5, 0.6) is 5.75 Å². The molecule has 2 aromatic rings. The molecule has 19 heavy (non-hydrogen) atoms. The van der Waals surface area contributed by atoms with Crippen molar-refractivity contribution in [2.24, 2.45) is 0 Å². The molecule has 0 radical (unpaired) electrons. The van der Waals surface area contributed by atoms with Crippen LogP contribution >= 0.6 is 0 Å². The first-order valence-electron chi connectivity index (χ1n) is 6.65. The second-order valence-corrected chi connectivity index (χ2v) is 4.96. The van der Waals surface area contributed by atoms with Crippen LogP contribution in [-0.2, 0) is 13.2 Å². The highest BCUT2D eigenvalue weighted by Gasteiger charge is 2.20. The quantitative estimate of drug-likeness (QED) is 0.865. The van der Waals surface area contributed by atoms with Crippen LogP contribution in [0.25, 0.3) is 0 Å². The summed E-state index contributed by atoms with van der Waals surface area (Å²) in [6.45, 7) is 3.23. The lowest BCUT2D eigenvalue weighted by Gasteiger charge is -2.11. The summed E-state index contributed by atoms with van der Waals surface area (Å²) in [4.78, 5) is 4.34. The van der Waals surface area contributed by atoms with Gasteiger partial charge in [0.2, 0.25) is 0 Å². The standard InChI is InChI=1S/C15H18N2O2/c1-11-7-15(19-10-14-3-2-6-18-14)12(8-16-11)9-17-13-4-5-13/h2-3,6-8,13,17H,4-5,9-10H2,1H3. The Hall–Kier alpha value is -1.81. The van der Waals surface area contributed by atoms with Crippen molar-refractivity contribution < 1.29 is 9.15 Å². The van der Waals surface area contributed by atoms with E-state index in [1.807, 2.05) is 31.3 Å². The Morgan fingerprint density at radius 1 is 1.47 bits per heavy atom. The minimum absolute atomic E-state index is 0.451. The molecule has 2 aromatic heterocycles. The first-order valence-corrected chi connectivity index (χ1v) is 6.65. The van der Waals surface area contributed by atoms with E-state index in [1.165, 1.54) is 12.8 Å². The molecule has 1 saturated carbocycles. The summed E-state index contributed by atoms with van der Waals surface area (Å²) in [6.07, 6.45) is 6.11. The van der Waals surface area contributed by atoms with Crippen LogP contribution in [0.4, 0.5) is 0 Å². The van der Waals surface area contributed by atoms with E-state index in [0.29, 0.717) is 12.6 Å². The molecule has 0 spiro atoms. The molecule has 1 aliphatic rings. The van der Waals surface area contributed by atoms with Gasteiger partial charge in [-0.15, -0.1) is 0 Å². The smallest absolute Gasteiger partial charge is 0.146 e. The second kappa shape index (κ2) is 5.45. The zero-order valence-electron chi connectivity index (χ0n) is 11.1. The van der Waals surface area contributed by atoms with Gasteiger partial charge in [-0.05, 0) is 31.9 Å². The van der Waals surface area contributed by atoms with E-state index in [9.17, 15) is 0 Å². The van der Waals surface area contributed by atoms with Crippen molar-refractivity contribution >= 4 is 0 Å². The van der Waals surface area contributed by atoms with Gasteiger partial charge in [-0.25, -0.2) is 0 Å². The molecule has 0 amide bonds. The lowest BCUT2D eigenvalue weighted by molar-refractivity contribution is 0.266. The number of hydrogen-bond acceptors (Lipinski definition) is 4. The third-order valence-electron chi connectivity index (χ3n) is 3.19. The van der Waals surface area contributed by atoms with Crippen LogP contribution in [0.1, 0.15) is 29.9 Å². The van der Waals surface area contributed by atoms with Gasteiger partial charge in [-0.3, -0.25) is 4.98 Å². The van der Waals surface area contributed by atoms with E-state index in [2.05, 4.69) is 10.3 Å². The Morgan fingerprint density at radius 3 is 3.11 bits per heavy atom. The predicted octanol–water partition coefficient (Wildman–Crippen LogP) is 2.81. The second-order valence-electron chi connectivity index (χ2n) is 4.96. The van der Waals surface area contributed by atoms with Crippen molar-refractivity contribution in [2.45, 2.75) is 39.0 Å². The molecular formula is C15H18N2O2. The van der Waals surface area contributed by atoms with Crippen LogP contribution in [0.2, 0.25) is 0 Å². The fourth-order valence-electron chi connectivity index (χ4n) is 1.92. The predicted molar refractivity (Wildman–Crippen MR) is 71.9 cm³/mol. The number of rotatable bonds is 6. The molecule has 0 unspecified atom stereocenters. The van der Waals surface area contributed by atoms with Crippen LogP contribution < -0.4 is 10.1 Å². The highest BCUT2D eigenvalue weighted by Crippen LogP contribution is 2.23. The van der Waals surface area contributed by atoms with Crippen molar-refractivity contribution in [2.75, 3.05) is 0 Å². The normalized spacial score (nSPS) is 14.6. The monoisotopic (exact) mass is 258 g/mol. The summed E-state index contributed by atoms with van der Waals surface area (Å²) >= 11 is 0. The third-order valence-corrected chi connectivity index (χ3v) is 3.19. The molecule has 1 N–H and O–H groups in total. The molecule has 2 heterocycles. The zero-order chi connectivity index (χ0) is 13.1. The van der Waals surface area contributed by atoms with Crippen molar-refractivity contribution in [3.63, 3.8) is 0 Å². The fraction of sp³-hybridized carbons (Fsp3) is 0.400. The van der Waals surface area contributed by atoms with Crippen molar-refractivity contribution in [1.82, 2.24) is 10.3 Å². The van der Waals surface area contributed by atoms with Gasteiger partial charge in [-0.1, -0.05) is 0 Å². The van der Waals surface area contributed by atoms with E-state index >= 15 is 0 Å². The van der Waals surface area contributed by atoms with Gasteiger partial charge in [0, 0.05) is 36.1 Å². The van der Waals surface area contributed by atoms with Crippen molar-refractivity contribution in [3.8, 4) is 5.75 Å². The average molecular weight is 258 g/mol. The van der Waals surface area contributed by atoms with Gasteiger partial charge in [0.05, 0.1) is 6.26 Å². The number of nitrogens with one attached hydrogen (secondary N) is 1. The molecule has 0 atom stereocenters. The topological polar surface area (TPSA) is 47.3 Å². The largest absolute Gasteiger partial charge is 0.485 e. The van der Waals surface area contributed by atoms with Gasteiger partial charge < -0.3 is 14.5 Å². The Kier molecular flexibility index (Phi) is 3.51. The Morgan fingerprint density at radius 2 is 2.37 bits per heavy atom. The van der Waals surface area contributed by atoms with Crippen molar-refractivity contribution in [1.29, 1.82) is 0 Å². The SMILES string of the molecule is Cc1cc(OCc2ccco2)c(CNC2CC2)cn1. The Balaban J connectivity index is 1.67. The highest BCUT2D eigenvalue weighted by atomic mass is 16.5. The van der Waals surface area contributed by atoms with Crippen LogP contribution in [0.3, 0.4) is 0 Å². The minimum atomic E-state index is 0.451. The van der Waals surface area contributed by atoms with Gasteiger partial charge in [0.15, 0.2) is 0 Å². The summed E-state index contributed by atoms with van der Waals surface area (Å²) < 4.78 is 11.1. The average Bonchev–Trinajstić information content (AvgIpc) is 3.09. The van der Waals surface area contributed by atoms with Crippen LogP contribution in [0.15, 0.2) is 35.1 Å². The van der Waals surface area contributed by atoms with E-state index in [-0.39, 0.29) is 0 Å². The summed E-state index contributed by atoms with van der Waals surface area (Å²) in [5.41, 5.74) is 2.06. The van der Waals surface area contributed by atoms with Gasteiger partial charge >= 0.3 is 0 Å². The van der Waals surface area contributed by atoms with Crippen LogP contribution in [0, 0.1) is 6.92 Å². The van der Waals surface area contributed by atoms with Gasteiger partial charge in [0.1, 0.15) is 18.1 Å². The maximum Gasteiger partial charge on any atom is 0.146 e. The van der Waals surface area contributed by atoms with E-state index < -0.39 is 0 Å². The number of aromatic nitrogens is 1. The van der Waals surface area contributed by atoms with E-state index in [4.69, 9.17) is 9.15 Å². The molecule has 0 bridgehead atoms. The van der Waals surface area contributed by atoms with E-state index in [0.717, 1.165) is 29.3 Å². The lowest BCUT2D eigenvalue weighted by atomic mass is 10.2. The maximum absolute atomic E-state index is 5.84. The summed E-state index contributed by atoms with van der Waals surface area (Å²) in [6, 6.07) is 6.44. The molecule has 1 fully saturated rings. The van der Waals surface area contributed by atoms with Crippen molar-refractivity contribution in [3.05, 3.63) is 47.7 Å². The summed E-state index contributed by atoms with van der Waals surface area (Å²) in [5.74, 6) is 1.72. The maximum atomic E-state index is 5.84. The minimum Gasteiger partial charge on any atom is -0.485 e. The van der Waals surface area contributed by atoms with Gasteiger partial charge in [0.25, 0.3) is 0 Å². The first kappa shape index (κ1) is 12.2. The number of aryl methyl sites for hydroxylation is 1. The molecule has 4 heteroatoms. The van der Waals surface area contributed by atoms with Gasteiger partial charge in [-0.2, -0.15) is 0 Å². The number of hydrogen-bond donors (Lipinski definition) is 1. The molecule has 0 saturated heterocycles. The first-order chi connectivity index (χ1) is 9.31. The van der Waals surface area contributed by atoms with Crippen LogP contribution in [-0.4, -0.2) is 11.0 Å². The molecular weight excluding hydrogens is 240 g/mol. The fourth-order valence-corrected chi connectivity index (χ4v) is 1.92.